The molecule has 4 rings (SSSR count). The number of carbonyl (C=O) groups excluding carboxylic acids is 1. The average Bonchev–Trinajstić information content (AvgIpc) is 2.79. The predicted molar refractivity (Wildman–Crippen MR) is 118 cm³/mol. The Morgan fingerprint density at radius 1 is 1.07 bits per heavy atom. The van der Waals surface area contributed by atoms with Crippen LogP contribution >= 0.6 is 0 Å². The molecule has 0 aromatic heterocycles. The molecule has 2 aliphatic heterocycles. The molecule has 6 atom stereocenters. The topological polar surface area (TPSA) is 82.6 Å². The molecule has 0 spiro atoms. The van der Waals surface area contributed by atoms with Gasteiger partial charge in [-0.15, -0.1) is 0 Å². The van der Waals surface area contributed by atoms with E-state index in [2.05, 4.69) is 16.0 Å². The second-order valence-corrected chi connectivity index (χ2v) is 10.2. The van der Waals surface area contributed by atoms with Crippen LogP contribution in [0.25, 0.3) is 0 Å². The fourth-order valence-electron chi connectivity index (χ4n) is 6.76. The molecule has 2 saturated carbocycles. The summed E-state index contributed by atoms with van der Waals surface area (Å²) in [6, 6.07) is 1.09. The van der Waals surface area contributed by atoms with Gasteiger partial charge in [-0.3, -0.25) is 4.79 Å². The first-order valence-corrected chi connectivity index (χ1v) is 12.7. The first-order valence-electron chi connectivity index (χ1n) is 12.7. The second kappa shape index (κ2) is 10.8. The molecule has 0 radical (unpaired) electrons. The van der Waals surface area contributed by atoms with Crippen molar-refractivity contribution in [1.29, 1.82) is 0 Å². The number of ether oxygens (including phenoxy) is 1. The monoisotopic (exact) mass is 421 g/mol. The van der Waals surface area contributed by atoms with Crippen LogP contribution in [0.4, 0.5) is 0 Å². The van der Waals surface area contributed by atoms with Gasteiger partial charge in [0.25, 0.3) is 0 Å². The van der Waals surface area contributed by atoms with E-state index in [-0.39, 0.29) is 24.0 Å². The van der Waals surface area contributed by atoms with Crippen LogP contribution in [0, 0.1) is 23.7 Å². The van der Waals surface area contributed by atoms with Crippen molar-refractivity contribution in [2.45, 2.75) is 95.4 Å². The number of hydrogen-bond donors (Lipinski definition) is 4. The van der Waals surface area contributed by atoms with E-state index in [1.165, 1.54) is 32.1 Å². The zero-order valence-electron chi connectivity index (χ0n) is 18.8. The van der Waals surface area contributed by atoms with Crippen LogP contribution in [0.3, 0.4) is 0 Å². The molecular weight excluding hydrogens is 378 g/mol. The third kappa shape index (κ3) is 5.20. The fraction of sp³-hybridized carbons (Fsp3) is 0.958. The molecule has 6 nitrogen and oxygen atoms in total. The molecule has 172 valence electrons. The van der Waals surface area contributed by atoms with Gasteiger partial charge in [0.15, 0.2) is 0 Å². The molecule has 6 unspecified atom stereocenters. The normalized spacial score (nSPS) is 40.9. The van der Waals surface area contributed by atoms with E-state index in [1.54, 1.807) is 0 Å². The van der Waals surface area contributed by atoms with Crippen molar-refractivity contribution < 1.29 is 14.6 Å². The minimum absolute atomic E-state index is 0.0129. The van der Waals surface area contributed by atoms with Crippen molar-refractivity contribution in [3.63, 3.8) is 0 Å². The van der Waals surface area contributed by atoms with Crippen LogP contribution in [0.5, 0.6) is 0 Å². The number of hydrogen-bond acceptors (Lipinski definition) is 6. The van der Waals surface area contributed by atoms with Crippen molar-refractivity contribution in [3.8, 4) is 0 Å². The quantitative estimate of drug-likeness (QED) is 0.492. The standard InChI is InChI=1S/C24H43N3O3/c1-2-30-24(29)17-7-10-19(11-8-17)27-21(18-6-3-13-25-15-18)20-12-9-16-5-4-14-26-22(16)23(20)28/h16-23,25-28H,2-15H2,1H3. The minimum Gasteiger partial charge on any atom is -0.466 e. The lowest BCUT2D eigenvalue weighted by atomic mass is 9.67. The van der Waals surface area contributed by atoms with Gasteiger partial charge < -0.3 is 25.8 Å². The molecule has 6 heteroatoms. The largest absolute Gasteiger partial charge is 0.466 e. The Bertz CT molecular complexity index is 546. The van der Waals surface area contributed by atoms with E-state index in [9.17, 15) is 9.90 Å². The Balaban J connectivity index is 1.40. The lowest BCUT2D eigenvalue weighted by Gasteiger charge is -2.49. The van der Waals surface area contributed by atoms with Gasteiger partial charge in [-0.2, -0.15) is 0 Å². The van der Waals surface area contributed by atoms with Crippen LogP contribution < -0.4 is 16.0 Å². The Labute approximate surface area is 182 Å². The zero-order chi connectivity index (χ0) is 20.9. The highest BCUT2D eigenvalue weighted by Gasteiger charge is 2.45. The molecule has 4 N–H and O–H groups in total. The lowest BCUT2D eigenvalue weighted by molar-refractivity contribution is -0.149. The number of rotatable bonds is 6. The van der Waals surface area contributed by atoms with E-state index in [1.807, 2.05) is 6.92 Å². The van der Waals surface area contributed by atoms with Crippen molar-refractivity contribution in [2.24, 2.45) is 23.7 Å². The maximum Gasteiger partial charge on any atom is 0.308 e. The van der Waals surface area contributed by atoms with Crippen molar-refractivity contribution >= 4 is 5.97 Å². The first kappa shape index (κ1) is 22.5. The average molecular weight is 422 g/mol. The van der Waals surface area contributed by atoms with Gasteiger partial charge in [0.2, 0.25) is 0 Å². The minimum atomic E-state index is -0.251. The van der Waals surface area contributed by atoms with Crippen LogP contribution in [-0.4, -0.2) is 61.5 Å². The SMILES string of the molecule is CCOC(=O)C1CCC(NC(C2CCCNC2)C2CCC3CCCNC3C2O)CC1. The number of aliphatic hydroxyl groups is 1. The fourth-order valence-corrected chi connectivity index (χ4v) is 6.76. The van der Waals surface area contributed by atoms with Gasteiger partial charge in [-0.05, 0) is 103 Å². The van der Waals surface area contributed by atoms with Gasteiger partial charge in [0, 0.05) is 24.0 Å². The van der Waals surface area contributed by atoms with Crippen LogP contribution in [0.2, 0.25) is 0 Å². The highest BCUT2D eigenvalue weighted by molar-refractivity contribution is 5.72. The molecule has 30 heavy (non-hydrogen) atoms. The number of carbonyl (C=O) groups is 1. The molecule has 0 amide bonds. The number of aliphatic hydroxyl groups excluding tert-OH is 1. The number of esters is 1. The van der Waals surface area contributed by atoms with E-state index >= 15 is 0 Å². The molecule has 4 fully saturated rings. The summed E-state index contributed by atoms with van der Waals surface area (Å²) in [5.74, 6) is 1.62. The van der Waals surface area contributed by atoms with Gasteiger partial charge >= 0.3 is 5.97 Å². The Kier molecular flexibility index (Phi) is 8.07. The number of piperidine rings is 2. The van der Waals surface area contributed by atoms with E-state index in [0.717, 1.165) is 51.7 Å². The smallest absolute Gasteiger partial charge is 0.308 e. The lowest BCUT2D eigenvalue weighted by Crippen LogP contribution is -2.61. The van der Waals surface area contributed by atoms with Gasteiger partial charge in [0.1, 0.15) is 0 Å². The maximum absolute atomic E-state index is 12.1. The molecular formula is C24H43N3O3. The van der Waals surface area contributed by atoms with Crippen LogP contribution in [-0.2, 0) is 9.53 Å². The Hall–Kier alpha value is -0.690. The van der Waals surface area contributed by atoms with Crippen molar-refractivity contribution in [1.82, 2.24) is 16.0 Å². The van der Waals surface area contributed by atoms with Gasteiger partial charge in [-0.1, -0.05) is 0 Å². The maximum atomic E-state index is 12.1. The second-order valence-electron chi connectivity index (χ2n) is 10.2. The molecule has 4 aliphatic rings. The summed E-state index contributed by atoms with van der Waals surface area (Å²) in [6.45, 7) is 5.58. The molecule has 0 aromatic rings. The van der Waals surface area contributed by atoms with Gasteiger partial charge in [-0.25, -0.2) is 0 Å². The Morgan fingerprint density at radius 2 is 1.87 bits per heavy atom. The van der Waals surface area contributed by atoms with E-state index < -0.39 is 0 Å². The Morgan fingerprint density at radius 3 is 2.60 bits per heavy atom. The third-order valence-electron chi connectivity index (χ3n) is 8.40. The van der Waals surface area contributed by atoms with Crippen molar-refractivity contribution in [3.05, 3.63) is 0 Å². The van der Waals surface area contributed by atoms with Crippen molar-refractivity contribution in [2.75, 3.05) is 26.2 Å². The van der Waals surface area contributed by atoms with Gasteiger partial charge in [0.05, 0.1) is 18.6 Å². The summed E-state index contributed by atoms with van der Waals surface area (Å²) in [6.07, 6.45) is 11.0. The summed E-state index contributed by atoms with van der Waals surface area (Å²) in [5, 5.41) is 22.7. The molecule has 0 bridgehead atoms. The summed E-state index contributed by atoms with van der Waals surface area (Å²) in [4.78, 5) is 12.1. The highest BCUT2D eigenvalue weighted by atomic mass is 16.5. The molecule has 2 saturated heterocycles. The molecule has 2 heterocycles. The number of nitrogens with one attached hydrogen (secondary N) is 3. The summed E-state index contributed by atoms with van der Waals surface area (Å²) in [5.41, 5.74) is 0. The predicted octanol–water partition coefficient (Wildman–Crippen LogP) is 2.21. The van der Waals surface area contributed by atoms with E-state index in [0.29, 0.717) is 36.4 Å². The van der Waals surface area contributed by atoms with Crippen LogP contribution in [0.15, 0.2) is 0 Å². The summed E-state index contributed by atoms with van der Waals surface area (Å²) >= 11 is 0. The summed E-state index contributed by atoms with van der Waals surface area (Å²) < 4.78 is 5.24. The van der Waals surface area contributed by atoms with Crippen LogP contribution in [0.1, 0.15) is 71.1 Å². The molecule has 0 aromatic carbocycles. The summed E-state index contributed by atoms with van der Waals surface area (Å²) in [7, 11) is 0. The highest BCUT2D eigenvalue weighted by Crippen LogP contribution is 2.39. The first-order chi connectivity index (χ1) is 14.7. The van der Waals surface area contributed by atoms with E-state index in [4.69, 9.17) is 4.74 Å². The molecule has 2 aliphatic carbocycles. The third-order valence-corrected chi connectivity index (χ3v) is 8.40. The zero-order valence-corrected chi connectivity index (χ0v) is 18.8. The number of fused-ring (bicyclic) bond motifs is 1.